The summed E-state index contributed by atoms with van der Waals surface area (Å²) in [5.41, 5.74) is 2.47. The Bertz CT molecular complexity index is 472. The number of nitrogens with one attached hydrogen (secondary N) is 1. The van der Waals surface area contributed by atoms with Crippen LogP contribution in [-0.4, -0.2) is 35.2 Å². The van der Waals surface area contributed by atoms with Gasteiger partial charge in [0.1, 0.15) is 0 Å². The fourth-order valence-corrected chi connectivity index (χ4v) is 1.82. The van der Waals surface area contributed by atoms with Gasteiger partial charge in [0.2, 0.25) is 0 Å². The Kier molecular flexibility index (Phi) is 4.67. The van der Waals surface area contributed by atoms with Crippen LogP contribution in [0.1, 0.15) is 24.0 Å². The van der Waals surface area contributed by atoms with E-state index in [9.17, 15) is 4.79 Å². The van der Waals surface area contributed by atoms with Crippen LogP contribution in [0.4, 0.5) is 5.69 Å². The maximum absolute atomic E-state index is 11.2. The molecule has 0 aliphatic rings. The van der Waals surface area contributed by atoms with E-state index in [1.165, 1.54) is 0 Å². The summed E-state index contributed by atoms with van der Waals surface area (Å²) in [5, 5.41) is 12.8. The molecule has 1 atom stereocenters. The lowest BCUT2D eigenvalue weighted by atomic mass is 9.94. The number of hydrogen-bond donors (Lipinski definition) is 2. The van der Waals surface area contributed by atoms with Gasteiger partial charge in [0.15, 0.2) is 5.11 Å². The zero-order chi connectivity index (χ0) is 13.9. The molecule has 1 unspecified atom stereocenters. The van der Waals surface area contributed by atoms with E-state index in [4.69, 9.17) is 17.3 Å². The summed E-state index contributed by atoms with van der Waals surface area (Å²) in [7, 11) is 3.68. The van der Waals surface area contributed by atoms with Gasteiger partial charge in [-0.15, -0.1) is 0 Å². The first kappa shape index (κ1) is 14.4. The van der Waals surface area contributed by atoms with Crippen LogP contribution in [0.5, 0.6) is 0 Å². The minimum absolute atomic E-state index is 0.555. The summed E-state index contributed by atoms with van der Waals surface area (Å²) in [4.78, 5) is 12.9. The van der Waals surface area contributed by atoms with Crippen molar-refractivity contribution in [1.82, 2.24) is 4.90 Å². The number of aliphatic carboxylic acids is 1. The number of carboxylic acids is 1. The summed E-state index contributed by atoms with van der Waals surface area (Å²) >= 11 is 5.18. The highest BCUT2D eigenvalue weighted by Crippen LogP contribution is 2.28. The van der Waals surface area contributed by atoms with Gasteiger partial charge in [-0.1, -0.05) is 12.1 Å². The van der Waals surface area contributed by atoms with Crippen molar-refractivity contribution in [3.8, 4) is 0 Å². The predicted octanol–water partition coefficient (Wildman–Crippen LogP) is 2.44. The first-order valence-corrected chi connectivity index (χ1v) is 6.06. The maximum atomic E-state index is 11.2. The van der Waals surface area contributed by atoms with Gasteiger partial charge in [-0.05, 0) is 43.3 Å². The van der Waals surface area contributed by atoms with E-state index in [0.29, 0.717) is 5.11 Å². The first-order chi connectivity index (χ1) is 8.34. The number of carboxylic acid groups (broad SMARTS) is 1. The van der Waals surface area contributed by atoms with E-state index in [-0.39, 0.29) is 0 Å². The van der Waals surface area contributed by atoms with Gasteiger partial charge in [-0.25, -0.2) is 0 Å². The quantitative estimate of drug-likeness (QED) is 0.823. The lowest BCUT2D eigenvalue weighted by Crippen LogP contribution is -2.28. The number of anilines is 1. The molecule has 0 saturated carbocycles. The van der Waals surface area contributed by atoms with Crippen LogP contribution in [-0.2, 0) is 4.79 Å². The van der Waals surface area contributed by atoms with Crippen LogP contribution in [0.2, 0.25) is 0 Å². The van der Waals surface area contributed by atoms with Gasteiger partial charge in [0.25, 0.3) is 0 Å². The van der Waals surface area contributed by atoms with Crippen molar-refractivity contribution in [3.63, 3.8) is 0 Å². The summed E-state index contributed by atoms with van der Waals surface area (Å²) in [6.45, 7) is 3.58. The van der Waals surface area contributed by atoms with Gasteiger partial charge in [0.05, 0.1) is 5.92 Å². The van der Waals surface area contributed by atoms with Crippen LogP contribution in [0, 0.1) is 6.92 Å². The molecule has 2 N–H and O–H groups in total. The van der Waals surface area contributed by atoms with Gasteiger partial charge in [-0.2, -0.15) is 0 Å². The molecule has 1 aromatic rings. The largest absolute Gasteiger partial charge is 0.481 e. The molecule has 0 aromatic heterocycles. The topological polar surface area (TPSA) is 52.6 Å². The number of carbonyl (C=O) groups is 1. The third-order valence-electron chi connectivity index (χ3n) is 2.78. The average molecular weight is 266 g/mol. The Morgan fingerprint density at radius 2 is 2.06 bits per heavy atom. The van der Waals surface area contributed by atoms with Gasteiger partial charge in [-0.3, -0.25) is 4.79 Å². The van der Waals surface area contributed by atoms with Gasteiger partial charge < -0.3 is 15.3 Å². The van der Waals surface area contributed by atoms with E-state index in [1.807, 2.05) is 39.2 Å². The molecule has 18 heavy (non-hydrogen) atoms. The zero-order valence-corrected chi connectivity index (χ0v) is 11.8. The van der Waals surface area contributed by atoms with Crippen LogP contribution in [0.15, 0.2) is 18.2 Å². The lowest BCUT2D eigenvalue weighted by molar-refractivity contribution is -0.138. The molecule has 0 fully saturated rings. The van der Waals surface area contributed by atoms with Crippen molar-refractivity contribution in [2.75, 3.05) is 19.4 Å². The van der Waals surface area contributed by atoms with E-state index in [0.717, 1.165) is 16.8 Å². The normalized spacial score (nSPS) is 11.8. The second-order valence-electron chi connectivity index (χ2n) is 4.42. The van der Waals surface area contributed by atoms with Crippen molar-refractivity contribution in [1.29, 1.82) is 0 Å². The highest BCUT2D eigenvalue weighted by Gasteiger charge is 2.20. The predicted molar refractivity (Wildman–Crippen MR) is 77.1 cm³/mol. The monoisotopic (exact) mass is 266 g/mol. The maximum Gasteiger partial charge on any atom is 0.310 e. The fraction of sp³-hybridized carbons (Fsp3) is 0.385. The molecule has 0 amide bonds. The van der Waals surface area contributed by atoms with Crippen molar-refractivity contribution in [2.45, 2.75) is 19.8 Å². The second-order valence-corrected chi connectivity index (χ2v) is 4.81. The molecule has 0 aliphatic carbocycles. The SMILES string of the molecule is Cc1cccc(NC(=S)N(C)C)c1C(C)C(=O)O. The number of aryl methyl sites for hydroxylation is 1. The molecule has 1 aromatic carbocycles. The van der Waals surface area contributed by atoms with E-state index in [1.54, 1.807) is 11.8 Å². The lowest BCUT2D eigenvalue weighted by Gasteiger charge is -2.20. The van der Waals surface area contributed by atoms with Crippen LogP contribution in [0.3, 0.4) is 0 Å². The minimum Gasteiger partial charge on any atom is -0.481 e. The molecule has 4 nitrogen and oxygen atoms in total. The Morgan fingerprint density at radius 3 is 2.56 bits per heavy atom. The molecule has 5 heteroatoms. The summed E-state index contributed by atoms with van der Waals surface area (Å²) in [6, 6.07) is 5.63. The average Bonchev–Trinajstić information content (AvgIpc) is 2.28. The van der Waals surface area contributed by atoms with Crippen molar-refractivity contribution < 1.29 is 9.90 Å². The second kappa shape index (κ2) is 5.82. The highest BCUT2D eigenvalue weighted by atomic mass is 32.1. The third-order valence-corrected chi connectivity index (χ3v) is 3.24. The standard InChI is InChI=1S/C13H18N2O2S/c1-8-6-5-7-10(14-13(18)15(3)4)11(8)9(2)12(16)17/h5-7,9H,1-4H3,(H,14,18)(H,16,17). The molecular weight excluding hydrogens is 248 g/mol. The number of thiocarbonyl (C=S) groups is 1. The third kappa shape index (κ3) is 3.20. The Balaban J connectivity index is 3.16. The van der Waals surface area contributed by atoms with Crippen LogP contribution < -0.4 is 5.32 Å². The molecule has 0 heterocycles. The number of benzene rings is 1. The molecule has 0 radical (unpaired) electrons. The Labute approximate surface area is 113 Å². The van der Waals surface area contributed by atoms with Crippen molar-refractivity contribution >= 4 is 29.0 Å². The minimum atomic E-state index is -0.844. The summed E-state index contributed by atoms with van der Waals surface area (Å²) in [5.74, 6) is -1.42. The molecular formula is C13H18N2O2S. The molecule has 0 bridgehead atoms. The summed E-state index contributed by atoms with van der Waals surface area (Å²) in [6.07, 6.45) is 0. The number of hydrogen-bond acceptors (Lipinski definition) is 2. The first-order valence-electron chi connectivity index (χ1n) is 5.65. The highest BCUT2D eigenvalue weighted by molar-refractivity contribution is 7.80. The Hall–Kier alpha value is -1.62. The van der Waals surface area contributed by atoms with E-state index < -0.39 is 11.9 Å². The van der Waals surface area contributed by atoms with E-state index >= 15 is 0 Å². The van der Waals surface area contributed by atoms with Gasteiger partial charge in [0, 0.05) is 19.8 Å². The molecule has 1 rings (SSSR count). The van der Waals surface area contributed by atoms with Crippen molar-refractivity contribution in [3.05, 3.63) is 29.3 Å². The molecule has 0 aliphatic heterocycles. The smallest absolute Gasteiger partial charge is 0.310 e. The van der Waals surface area contributed by atoms with Crippen LogP contribution in [0.25, 0.3) is 0 Å². The Morgan fingerprint density at radius 1 is 1.44 bits per heavy atom. The number of rotatable bonds is 3. The molecule has 0 saturated heterocycles. The van der Waals surface area contributed by atoms with Crippen LogP contribution >= 0.6 is 12.2 Å². The fourth-order valence-electron chi connectivity index (χ4n) is 1.71. The number of nitrogens with zero attached hydrogens (tertiary/aromatic N) is 1. The van der Waals surface area contributed by atoms with E-state index in [2.05, 4.69) is 5.32 Å². The molecule has 0 spiro atoms. The molecule has 98 valence electrons. The van der Waals surface area contributed by atoms with Crippen molar-refractivity contribution in [2.24, 2.45) is 0 Å². The van der Waals surface area contributed by atoms with Gasteiger partial charge >= 0.3 is 5.97 Å². The summed E-state index contributed by atoms with van der Waals surface area (Å²) < 4.78 is 0. The zero-order valence-electron chi connectivity index (χ0n) is 11.0.